The predicted octanol–water partition coefficient (Wildman–Crippen LogP) is 12.3. The maximum atomic E-state index is 11.9. The zero-order chi connectivity index (χ0) is 44.4. The normalized spacial score (nSPS) is 17.1. The number of unbranched alkanes of at least 4 members (excludes halogenated alkanes) is 2. The second-order valence-electron chi connectivity index (χ2n) is 17.2. The Morgan fingerprint density at radius 3 is 2.24 bits per heavy atom. The van der Waals surface area contributed by atoms with Gasteiger partial charge in [0, 0.05) is 54.3 Å². The number of esters is 2. The Labute approximate surface area is 371 Å². The summed E-state index contributed by atoms with van der Waals surface area (Å²) in [6.07, 6.45) is 14.7. The first-order chi connectivity index (χ1) is 29.9. The van der Waals surface area contributed by atoms with E-state index in [1.807, 2.05) is 44.3 Å². The van der Waals surface area contributed by atoms with E-state index in [0.29, 0.717) is 45.7 Å². The van der Waals surface area contributed by atoms with Crippen LogP contribution in [0.25, 0.3) is 5.57 Å². The quantitative estimate of drug-likeness (QED) is 0.0331. The molecule has 1 saturated heterocycles. The Hall–Kier alpha value is -5.03. The van der Waals surface area contributed by atoms with Gasteiger partial charge in [-0.3, -0.25) is 14.6 Å². The van der Waals surface area contributed by atoms with Crippen LogP contribution in [0.5, 0.6) is 11.5 Å². The fraction of sp³-hybridized carbons (Fsp3) is 0.442. The van der Waals surface area contributed by atoms with Gasteiger partial charge in [-0.05, 0) is 105 Å². The minimum Gasteiger partial charge on any atom is -0.543 e. The van der Waals surface area contributed by atoms with Crippen LogP contribution in [0.15, 0.2) is 116 Å². The van der Waals surface area contributed by atoms with Crippen LogP contribution >= 0.6 is 0 Å². The summed E-state index contributed by atoms with van der Waals surface area (Å²) < 4.78 is 36.6. The largest absolute Gasteiger partial charge is 0.543 e. The zero-order valence-corrected chi connectivity index (χ0v) is 38.9. The summed E-state index contributed by atoms with van der Waals surface area (Å²) in [6, 6.07) is 28.9. The molecule has 332 valence electrons. The zero-order valence-electron chi connectivity index (χ0n) is 37.9. The average Bonchev–Trinajstić information content (AvgIpc) is 3.26. The summed E-state index contributed by atoms with van der Waals surface area (Å²) in [5.41, 5.74) is 6.38. The van der Waals surface area contributed by atoms with Gasteiger partial charge in [-0.1, -0.05) is 99.7 Å². The lowest BCUT2D eigenvalue weighted by molar-refractivity contribution is -0.244. The van der Waals surface area contributed by atoms with Crippen LogP contribution < -0.4 is 9.16 Å². The van der Waals surface area contributed by atoms with Crippen molar-refractivity contribution in [3.8, 4) is 11.5 Å². The van der Waals surface area contributed by atoms with E-state index in [2.05, 4.69) is 118 Å². The number of pyridine rings is 1. The number of para-hydroxylation sites is 1. The number of benzene rings is 3. The first-order valence-corrected chi connectivity index (χ1v) is 25.2. The highest BCUT2D eigenvalue weighted by atomic mass is 28.4. The molecule has 4 aromatic rings. The van der Waals surface area contributed by atoms with Crippen molar-refractivity contribution in [2.24, 2.45) is 5.92 Å². The summed E-state index contributed by atoms with van der Waals surface area (Å²) in [5, 5.41) is 0.0371. The van der Waals surface area contributed by atoms with Crippen LogP contribution in [-0.2, 0) is 35.0 Å². The molecule has 2 heterocycles. The predicted molar refractivity (Wildman–Crippen MR) is 248 cm³/mol. The molecule has 62 heavy (non-hydrogen) atoms. The van der Waals surface area contributed by atoms with Gasteiger partial charge in [0.2, 0.25) is 8.32 Å². The molecule has 0 bridgehead atoms. The van der Waals surface area contributed by atoms with E-state index in [9.17, 15) is 9.59 Å². The van der Waals surface area contributed by atoms with E-state index in [1.54, 1.807) is 6.20 Å². The number of hydrogen-bond donors (Lipinski definition) is 0. The molecule has 1 aliphatic rings. The molecule has 5 rings (SSSR count). The molecule has 0 spiro atoms. The Bertz CT molecular complexity index is 2040. The molecule has 1 fully saturated rings. The number of allylic oxidation sites excluding steroid dienone is 3. The van der Waals surface area contributed by atoms with Crippen molar-refractivity contribution in [3.63, 3.8) is 0 Å². The number of nitrogens with zero attached hydrogens (tertiary/aromatic N) is 1. The van der Waals surface area contributed by atoms with Crippen molar-refractivity contribution in [1.82, 2.24) is 4.98 Å². The lowest BCUT2D eigenvalue weighted by atomic mass is 9.91. The maximum Gasteiger partial charge on any atom is 0.306 e. The molecule has 0 aliphatic carbocycles. The van der Waals surface area contributed by atoms with Gasteiger partial charge < -0.3 is 28.1 Å². The maximum absolute atomic E-state index is 11.9. The smallest absolute Gasteiger partial charge is 0.306 e. The molecule has 1 aliphatic heterocycles. The fourth-order valence-corrected chi connectivity index (χ4v) is 8.05. The van der Waals surface area contributed by atoms with Gasteiger partial charge in [-0.2, -0.15) is 0 Å². The van der Waals surface area contributed by atoms with Crippen molar-refractivity contribution in [2.45, 2.75) is 117 Å². The van der Waals surface area contributed by atoms with Gasteiger partial charge in [0.15, 0.2) is 6.29 Å². The van der Waals surface area contributed by atoms with Gasteiger partial charge in [0.1, 0.15) is 11.5 Å². The first kappa shape index (κ1) is 48.0. The van der Waals surface area contributed by atoms with E-state index >= 15 is 0 Å². The summed E-state index contributed by atoms with van der Waals surface area (Å²) in [5.74, 6) is 1.41. The Morgan fingerprint density at radius 1 is 0.823 bits per heavy atom. The summed E-state index contributed by atoms with van der Waals surface area (Å²) in [7, 11) is -2.14. The van der Waals surface area contributed by atoms with Crippen LogP contribution in [0, 0.1) is 5.92 Å². The molecule has 0 radical (unpaired) electrons. The molecule has 9 nitrogen and oxygen atoms in total. The highest BCUT2D eigenvalue weighted by Crippen LogP contribution is 2.45. The van der Waals surface area contributed by atoms with E-state index < -0.39 is 14.6 Å². The van der Waals surface area contributed by atoms with Crippen molar-refractivity contribution in [1.29, 1.82) is 0 Å². The number of hydrogen-bond acceptors (Lipinski definition) is 9. The Morgan fingerprint density at radius 2 is 1.55 bits per heavy atom. The third kappa shape index (κ3) is 14.5. The third-order valence-corrected chi connectivity index (χ3v) is 15.9. The van der Waals surface area contributed by atoms with Crippen molar-refractivity contribution >= 4 is 25.8 Å². The lowest BCUT2D eigenvalue weighted by Gasteiger charge is -2.40. The lowest BCUT2D eigenvalue weighted by Crippen LogP contribution is -2.44. The molecule has 0 amide bonds. The Balaban J connectivity index is 1.21. The van der Waals surface area contributed by atoms with Gasteiger partial charge in [0.25, 0.3) is 0 Å². The van der Waals surface area contributed by atoms with Crippen molar-refractivity contribution in [3.05, 3.63) is 143 Å². The molecule has 3 aromatic carbocycles. The molecule has 10 heteroatoms. The van der Waals surface area contributed by atoms with Crippen LogP contribution in [0.3, 0.4) is 0 Å². The van der Waals surface area contributed by atoms with Gasteiger partial charge in [-0.15, -0.1) is 0 Å². The van der Waals surface area contributed by atoms with Crippen LogP contribution in [0.1, 0.15) is 120 Å². The number of aromatic nitrogens is 1. The minimum atomic E-state index is -2.14. The SMILES string of the molecule is CCOC(=O)CC/C=C\C[C@@H]1CO[C@H](c2ccc(CCOc3ccc(/C(=C\CCCCC(=O)OCC)c4cccnc4)cc3)cc2)O[C@@H]1c1ccccc1O[Si](C)(C)C(C)(C)C. The molecule has 0 N–H and O–H groups in total. The third-order valence-electron chi connectivity index (χ3n) is 11.5. The Kier molecular flexibility index (Phi) is 18.6. The second kappa shape index (κ2) is 24.0. The number of carbonyl (C=O) groups excluding carboxylic acids is 2. The van der Waals surface area contributed by atoms with E-state index in [1.165, 1.54) is 0 Å². The van der Waals surface area contributed by atoms with Crippen molar-refractivity contribution in [2.75, 3.05) is 26.4 Å². The van der Waals surface area contributed by atoms with E-state index in [-0.39, 0.29) is 29.0 Å². The minimum absolute atomic E-state index is 0.0371. The van der Waals surface area contributed by atoms with E-state index in [0.717, 1.165) is 77.0 Å². The fourth-order valence-electron chi connectivity index (χ4n) is 7.01. The van der Waals surface area contributed by atoms with Gasteiger partial charge in [0.05, 0.1) is 32.5 Å². The highest BCUT2D eigenvalue weighted by molar-refractivity contribution is 6.74. The monoisotopic (exact) mass is 861 g/mol. The average molecular weight is 862 g/mol. The van der Waals surface area contributed by atoms with Gasteiger partial charge >= 0.3 is 11.9 Å². The molecular formula is C52H67NO8Si. The van der Waals surface area contributed by atoms with Crippen molar-refractivity contribution < 1.29 is 37.7 Å². The number of carbonyl (C=O) groups is 2. The first-order valence-electron chi connectivity index (χ1n) is 22.3. The molecular weight excluding hydrogens is 795 g/mol. The molecule has 3 atom stereocenters. The summed E-state index contributed by atoms with van der Waals surface area (Å²) >= 11 is 0. The standard InChI is InChI=1S/C52H67NO8Si/c1-8-56-48(54)24-14-10-12-19-43-38-59-51(60-50(43)46-22-16-17-23-47(46)61-62(6,7)52(3,4)5)41-28-26-39(27-29-41)34-36-58-44-32-30-40(31-33-44)45(42-20-18-35-53-37-42)21-13-11-15-25-49(55)57-9-2/h10,12,16-18,20-23,26-33,35,37,43,50-51H,8-9,11,13-15,19,24-25,34,36,38H2,1-7H3/b12-10-,45-21+/t43-,50+,51+/m1/s1. The summed E-state index contributed by atoms with van der Waals surface area (Å²) in [6.45, 7) is 16.8. The molecule has 0 unspecified atom stereocenters. The topological polar surface area (TPSA) is 102 Å². The van der Waals surface area contributed by atoms with E-state index in [4.69, 9.17) is 28.1 Å². The van der Waals surface area contributed by atoms with Crippen LogP contribution in [-0.4, -0.2) is 51.7 Å². The molecule has 0 saturated carbocycles. The molecule has 1 aromatic heterocycles. The number of ether oxygens (including phenoxy) is 5. The second-order valence-corrected chi connectivity index (χ2v) is 21.9. The van der Waals surface area contributed by atoms with Gasteiger partial charge in [-0.25, -0.2) is 0 Å². The summed E-state index contributed by atoms with van der Waals surface area (Å²) in [4.78, 5) is 28.0. The van der Waals surface area contributed by atoms with Crippen LogP contribution in [0.4, 0.5) is 0 Å². The van der Waals surface area contributed by atoms with Crippen LogP contribution in [0.2, 0.25) is 18.1 Å². The highest BCUT2D eigenvalue weighted by Gasteiger charge is 2.41. The number of rotatable bonds is 22.